The molecular formula is C10H19NO2. The number of rotatable bonds is 3. The molecule has 0 bridgehead atoms. The zero-order valence-electron chi connectivity index (χ0n) is 8.28. The van der Waals surface area contributed by atoms with E-state index in [1.807, 2.05) is 0 Å². The first-order valence-electron chi connectivity index (χ1n) is 5.27. The Balaban J connectivity index is 1.77. The van der Waals surface area contributed by atoms with Crippen molar-refractivity contribution in [3.8, 4) is 0 Å². The fourth-order valence-corrected chi connectivity index (χ4v) is 1.90. The lowest BCUT2D eigenvalue weighted by molar-refractivity contribution is -0.0231. The molecule has 2 rings (SSSR count). The van der Waals surface area contributed by atoms with Crippen molar-refractivity contribution in [3.63, 3.8) is 0 Å². The quantitative estimate of drug-likeness (QED) is 0.694. The molecule has 2 fully saturated rings. The molecule has 2 unspecified atom stereocenters. The van der Waals surface area contributed by atoms with Crippen LogP contribution >= 0.6 is 0 Å². The smallest absolute Gasteiger partial charge is 0.0695 e. The topological polar surface area (TPSA) is 32.7 Å². The van der Waals surface area contributed by atoms with E-state index in [2.05, 4.69) is 11.8 Å². The van der Waals surface area contributed by atoms with Gasteiger partial charge in [0.05, 0.1) is 19.3 Å². The van der Waals surface area contributed by atoms with Crippen molar-refractivity contribution < 1.29 is 9.84 Å². The zero-order valence-corrected chi connectivity index (χ0v) is 8.28. The van der Waals surface area contributed by atoms with Gasteiger partial charge in [-0.25, -0.2) is 0 Å². The summed E-state index contributed by atoms with van der Waals surface area (Å²) < 4.78 is 5.35. The summed E-state index contributed by atoms with van der Waals surface area (Å²) in [5.41, 5.74) is 0. The first-order valence-corrected chi connectivity index (χ1v) is 5.27. The third-order valence-corrected chi connectivity index (χ3v) is 3.09. The first kappa shape index (κ1) is 9.44. The van der Waals surface area contributed by atoms with Crippen LogP contribution in [0, 0.1) is 5.92 Å². The molecule has 0 aromatic rings. The summed E-state index contributed by atoms with van der Waals surface area (Å²) in [7, 11) is 0. The lowest BCUT2D eigenvalue weighted by Crippen LogP contribution is -2.47. The van der Waals surface area contributed by atoms with Crippen LogP contribution in [0.5, 0.6) is 0 Å². The highest BCUT2D eigenvalue weighted by molar-refractivity contribution is 4.84. The van der Waals surface area contributed by atoms with E-state index in [1.54, 1.807) is 0 Å². The van der Waals surface area contributed by atoms with Gasteiger partial charge in [0.2, 0.25) is 0 Å². The summed E-state index contributed by atoms with van der Waals surface area (Å²) in [6.45, 7) is 5.62. The van der Waals surface area contributed by atoms with Crippen molar-refractivity contribution in [2.45, 2.75) is 31.9 Å². The second kappa shape index (κ2) is 3.95. The van der Waals surface area contributed by atoms with E-state index in [0.717, 1.165) is 26.3 Å². The molecule has 1 aliphatic heterocycles. The van der Waals surface area contributed by atoms with Crippen LogP contribution in [0.1, 0.15) is 19.8 Å². The highest BCUT2D eigenvalue weighted by Gasteiger charge is 2.32. The molecule has 0 aromatic heterocycles. The summed E-state index contributed by atoms with van der Waals surface area (Å²) in [6.07, 6.45) is 2.35. The van der Waals surface area contributed by atoms with E-state index < -0.39 is 0 Å². The molecule has 76 valence electrons. The number of morpholine rings is 1. The number of hydrogen-bond acceptors (Lipinski definition) is 3. The average Bonchev–Trinajstić information content (AvgIpc) is 2.91. The van der Waals surface area contributed by atoms with Gasteiger partial charge in [0.1, 0.15) is 0 Å². The lowest BCUT2D eigenvalue weighted by atomic mass is 10.2. The van der Waals surface area contributed by atoms with Crippen molar-refractivity contribution in [2.24, 2.45) is 5.92 Å². The molecule has 0 aromatic carbocycles. The maximum Gasteiger partial charge on any atom is 0.0695 e. The number of ether oxygens (including phenoxy) is 1. The summed E-state index contributed by atoms with van der Waals surface area (Å²) >= 11 is 0. The lowest BCUT2D eigenvalue weighted by Gasteiger charge is -2.34. The summed E-state index contributed by atoms with van der Waals surface area (Å²) in [5, 5.41) is 9.78. The standard InChI is InChI=1S/C10H19NO2/c1-8-7-13-5-4-11(8)6-10(12)9-2-3-9/h8-10,12H,2-7H2,1H3. The monoisotopic (exact) mass is 185 g/mol. The Kier molecular flexibility index (Phi) is 2.86. The van der Waals surface area contributed by atoms with Gasteiger partial charge in [0.25, 0.3) is 0 Å². The minimum atomic E-state index is -0.0967. The first-order chi connectivity index (χ1) is 6.27. The molecule has 13 heavy (non-hydrogen) atoms. The van der Waals surface area contributed by atoms with Crippen LogP contribution < -0.4 is 0 Å². The van der Waals surface area contributed by atoms with Gasteiger partial charge in [-0.05, 0) is 25.7 Å². The van der Waals surface area contributed by atoms with Crippen molar-refractivity contribution >= 4 is 0 Å². The Hall–Kier alpha value is -0.120. The fourth-order valence-electron chi connectivity index (χ4n) is 1.90. The van der Waals surface area contributed by atoms with Crippen molar-refractivity contribution in [1.82, 2.24) is 4.90 Å². The Morgan fingerprint density at radius 1 is 1.54 bits per heavy atom. The molecule has 3 nitrogen and oxygen atoms in total. The number of aliphatic hydroxyl groups excluding tert-OH is 1. The second-order valence-electron chi connectivity index (χ2n) is 4.32. The minimum Gasteiger partial charge on any atom is -0.392 e. The van der Waals surface area contributed by atoms with E-state index in [4.69, 9.17) is 4.74 Å². The van der Waals surface area contributed by atoms with Gasteiger partial charge >= 0.3 is 0 Å². The molecule has 2 atom stereocenters. The molecule has 0 radical (unpaired) electrons. The highest BCUT2D eigenvalue weighted by Crippen LogP contribution is 2.33. The van der Waals surface area contributed by atoms with Gasteiger partial charge in [-0.3, -0.25) is 4.90 Å². The second-order valence-corrected chi connectivity index (χ2v) is 4.32. The van der Waals surface area contributed by atoms with Gasteiger partial charge in [-0.15, -0.1) is 0 Å². The predicted molar refractivity (Wildman–Crippen MR) is 50.6 cm³/mol. The van der Waals surface area contributed by atoms with Gasteiger partial charge in [0, 0.05) is 19.1 Å². The van der Waals surface area contributed by atoms with Crippen molar-refractivity contribution in [3.05, 3.63) is 0 Å². The molecule has 1 saturated heterocycles. The molecule has 1 saturated carbocycles. The summed E-state index contributed by atoms with van der Waals surface area (Å²) in [4.78, 5) is 2.34. The van der Waals surface area contributed by atoms with E-state index >= 15 is 0 Å². The van der Waals surface area contributed by atoms with E-state index in [9.17, 15) is 5.11 Å². The zero-order chi connectivity index (χ0) is 9.26. The van der Waals surface area contributed by atoms with Crippen LogP contribution in [-0.2, 0) is 4.74 Å². The molecule has 3 heteroatoms. The van der Waals surface area contributed by atoms with Crippen molar-refractivity contribution in [1.29, 1.82) is 0 Å². The number of hydrogen-bond donors (Lipinski definition) is 1. The van der Waals surface area contributed by atoms with Gasteiger partial charge in [0.15, 0.2) is 0 Å². The van der Waals surface area contributed by atoms with Crippen LogP contribution in [-0.4, -0.2) is 48.5 Å². The molecule has 0 spiro atoms. The van der Waals surface area contributed by atoms with Gasteiger partial charge in [-0.1, -0.05) is 0 Å². The van der Waals surface area contributed by atoms with Gasteiger partial charge in [-0.2, -0.15) is 0 Å². The van der Waals surface area contributed by atoms with Crippen LogP contribution in [0.25, 0.3) is 0 Å². The third-order valence-electron chi connectivity index (χ3n) is 3.09. The highest BCUT2D eigenvalue weighted by atomic mass is 16.5. The molecular weight excluding hydrogens is 166 g/mol. The Labute approximate surface area is 79.7 Å². The van der Waals surface area contributed by atoms with Crippen LogP contribution in [0.3, 0.4) is 0 Å². The largest absolute Gasteiger partial charge is 0.392 e. The van der Waals surface area contributed by atoms with E-state index in [1.165, 1.54) is 12.8 Å². The third kappa shape index (κ3) is 2.42. The number of β-amino-alcohol motifs (C(OH)–C–C–N with tert-alkyl or cyclic N) is 1. The van der Waals surface area contributed by atoms with E-state index in [-0.39, 0.29) is 6.10 Å². The van der Waals surface area contributed by atoms with Crippen LogP contribution in [0.15, 0.2) is 0 Å². The SMILES string of the molecule is CC1COCCN1CC(O)C1CC1. The number of nitrogens with zero attached hydrogens (tertiary/aromatic N) is 1. The molecule has 1 heterocycles. The molecule has 2 aliphatic rings. The maximum atomic E-state index is 9.78. The molecule has 1 aliphatic carbocycles. The maximum absolute atomic E-state index is 9.78. The Bertz CT molecular complexity index is 170. The Morgan fingerprint density at radius 2 is 2.31 bits per heavy atom. The van der Waals surface area contributed by atoms with E-state index in [0.29, 0.717) is 12.0 Å². The summed E-state index contributed by atoms with van der Waals surface area (Å²) in [5.74, 6) is 0.593. The Morgan fingerprint density at radius 3 is 2.92 bits per heavy atom. The van der Waals surface area contributed by atoms with Crippen LogP contribution in [0.4, 0.5) is 0 Å². The van der Waals surface area contributed by atoms with Gasteiger partial charge < -0.3 is 9.84 Å². The van der Waals surface area contributed by atoms with Crippen LogP contribution in [0.2, 0.25) is 0 Å². The fraction of sp³-hybridized carbons (Fsp3) is 1.00. The van der Waals surface area contributed by atoms with Crippen molar-refractivity contribution in [2.75, 3.05) is 26.3 Å². The molecule has 1 N–H and O–H groups in total. The predicted octanol–water partition coefficient (Wildman–Crippen LogP) is 0.478. The minimum absolute atomic E-state index is 0.0967. The molecule has 0 amide bonds. The normalized spacial score (nSPS) is 33.2. The number of aliphatic hydroxyl groups is 1. The average molecular weight is 185 g/mol. The summed E-state index contributed by atoms with van der Waals surface area (Å²) in [6, 6.07) is 0.474.